The number of benzene rings is 2. The first-order chi connectivity index (χ1) is 11.0. The van der Waals surface area contributed by atoms with E-state index in [1.807, 2.05) is 0 Å². The van der Waals surface area contributed by atoms with Crippen molar-refractivity contribution in [2.24, 2.45) is 0 Å². The van der Waals surface area contributed by atoms with Crippen LogP contribution in [0, 0.1) is 0 Å². The van der Waals surface area contributed by atoms with Crippen molar-refractivity contribution in [2.75, 3.05) is 0 Å². The van der Waals surface area contributed by atoms with E-state index < -0.39 is 11.9 Å². The third-order valence-corrected chi connectivity index (χ3v) is 2.23. The lowest BCUT2D eigenvalue weighted by Crippen LogP contribution is -1.93. The maximum absolute atomic E-state index is 10.2. The van der Waals surface area contributed by atoms with Crippen LogP contribution in [0.25, 0.3) is 0 Å². The summed E-state index contributed by atoms with van der Waals surface area (Å²) in [6, 6.07) is 16.6. The van der Waals surface area contributed by atoms with Crippen LogP contribution in [-0.2, 0) is 4.74 Å². The molecule has 0 aliphatic heterocycles. The topological polar surface area (TPSA) is 83.8 Å². The van der Waals surface area contributed by atoms with Crippen molar-refractivity contribution in [3.63, 3.8) is 0 Å². The first kappa shape index (κ1) is 19.7. The Morgan fingerprint density at radius 3 is 1.17 bits per heavy atom. The lowest BCUT2D eigenvalue weighted by atomic mass is 10.2. The zero-order valence-electron chi connectivity index (χ0n) is 12.5. The Morgan fingerprint density at radius 1 is 0.739 bits per heavy atom. The highest BCUT2D eigenvalue weighted by molar-refractivity contribution is 5.87. The molecule has 0 fully saturated rings. The Bertz CT molecular complexity index is 550. The van der Waals surface area contributed by atoms with E-state index in [1.165, 1.54) is 12.5 Å². The van der Waals surface area contributed by atoms with Crippen LogP contribution in [0.5, 0.6) is 0 Å². The van der Waals surface area contributed by atoms with Crippen molar-refractivity contribution in [3.8, 4) is 0 Å². The number of carboxylic acid groups (broad SMARTS) is 2. The third-order valence-electron chi connectivity index (χ3n) is 2.23. The molecule has 2 aromatic carbocycles. The van der Waals surface area contributed by atoms with Crippen molar-refractivity contribution in [1.82, 2.24) is 0 Å². The average molecular weight is 314 g/mol. The highest BCUT2D eigenvalue weighted by Gasteiger charge is 1.97. The van der Waals surface area contributed by atoms with Crippen molar-refractivity contribution < 1.29 is 24.5 Å². The molecule has 0 amide bonds. The van der Waals surface area contributed by atoms with Crippen LogP contribution >= 0.6 is 0 Å². The molecule has 0 aliphatic rings. The maximum atomic E-state index is 10.2. The first-order valence-electron chi connectivity index (χ1n) is 6.46. The standard InChI is InChI=1S/2C7H6O2.C4H6O/c2*8-7(9)6-4-2-1-3-5-6;1-3-5-4-2/h2*1-5H,(H,8,9);3-4H,1-2H2. The van der Waals surface area contributed by atoms with Gasteiger partial charge in [0.1, 0.15) is 0 Å². The molecule has 2 N–H and O–H groups in total. The minimum absolute atomic E-state index is 0.331. The highest BCUT2D eigenvalue weighted by atomic mass is 16.5. The lowest BCUT2D eigenvalue weighted by Gasteiger charge is -1.88. The largest absolute Gasteiger partial charge is 0.478 e. The van der Waals surface area contributed by atoms with Gasteiger partial charge in [-0.3, -0.25) is 0 Å². The normalized spacial score (nSPS) is 8.17. The number of hydrogen-bond acceptors (Lipinski definition) is 3. The van der Waals surface area contributed by atoms with Crippen LogP contribution in [0.15, 0.2) is 86.3 Å². The molecule has 5 heteroatoms. The fourth-order valence-corrected chi connectivity index (χ4v) is 1.23. The molecule has 0 aliphatic carbocycles. The molecule has 0 aromatic heterocycles. The van der Waals surface area contributed by atoms with Crippen molar-refractivity contribution in [3.05, 3.63) is 97.5 Å². The summed E-state index contributed by atoms with van der Waals surface area (Å²) in [5.41, 5.74) is 0.662. The van der Waals surface area contributed by atoms with Gasteiger partial charge in [-0.2, -0.15) is 0 Å². The molecule has 2 rings (SSSR count). The fourth-order valence-electron chi connectivity index (χ4n) is 1.23. The van der Waals surface area contributed by atoms with Gasteiger partial charge in [0.15, 0.2) is 0 Å². The molecule has 0 radical (unpaired) electrons. The number of rotatable bonds is 4. The van der Waals surface area contributed by atoms with Gasteiger partial charge in [-0.1, -0.05) is 49.6 Å². The lowest BCUT2D eigenvalue weighted by molar-refractivity contribution is 0.0686. The molecule has 0 spiro atoms. The van der Waals surface area contributed by atoms with E-state index in [1.54, 1.807) is 60.7 Å². The summed E-state index contributed by atoms with van der Waals surface area (Å²) < 4.78 is 4.36. The number of carbonyl (C=O) groups is 2. The van der Waals surface area contributed by atoms with Crippen LogP contribution in [0.2, 0.25) is 0 Å². The summed E-state index contributed by atoms with van der Waals surface area (Å²) in [7, 11) is 0. The molecule has 0 bridgehead atoms. The summed E-state index contributed by atoms with van der Waals surface area (Å²) in [5, 5.41) is 16.8. The zero-order valence-corrected chi connectivity index (χ0v) is 12.5. The van der Waals surface area contributed by atoms with Gasteiger partial charge in [0.05, 0.1) is 23.7 Å². The van der Waals surface area contributed by atoms with Crippen molar-refractivity contribution >= 4 is 11.9 Å². The predicted octanol–water partition coefficient (Wildman–Crippen LogP) is 4.06. The molecule has 0 saturated carbocycles. The van der Waals surface area contributed by atoms with Gasteiger partial charge in [-0.05, 0) is 24.3 Å². The van der Waals surface area contributed by atoms with E-state index in [0.29, 0.717) is 11.1 Å². The van der Waals surface area contributed by atoms with Crippen LogP contribution in [-0.4, -0.2) is 22.2 Å². The second-order valence-corrected chi connectivity index (χ2v) is 3.81. The Labute approximate surface area is 134 Å². The summed E-state index contributed by atoms with van der Waals surface area (Å²) in [4.78, 5) is 20.4. The number of hydrogen-bond donors (Lipinski definition) is 2. The second-order valence-electron chi connectivity index (χ2n) is 3.81. The van der Waals surface area contributed by atoms with E-state index in [0.717, 1.165) is 0 Å². The minimum atomic E-state index is -0.879. The van der Waals surface area contributed by atoms with Gasteiger partial charge in [0.25, 0.3) is 0 Å². The minimum Gasteiger partial charge on any atom is -0.478 e. The molecule has 23 heavy (non-hydrogen) atoms. The van der Waals surface area contributed by atoms with Gasteiger partial charge < -0.3 is 14.9 Å². The fraction of sp³-hybridized carbons (Fsp3) is 0. The zero-order chi connectivity index (χ0) is 17.5. The molecule has 0 saturated heterocycles. The molecule has 0 atom stereocenters. The Morgan fingerprint density at radius 2 is 1.04 bits per heavy atom. The monoisotopic (exact) mass is 314 g/mol. The number of ether oxygens (including phenoxy) is 1. The van der Waals surface area contributed by atoms with Crippen LogP contribution in [0.3, 0.4) is 0 Å². The van der Waals surface area contributed by atoms with Crippen LogP contribution in [0.1, 0.15) is 20.7 Å². The van der Waals surface area contributed by atoms with E-state index in [2.05, 4.69) is 17.9 Å². The van der Waals surface area contributed by atoms with E-state index in [4.69, 9.17) is 10.2 Å². The Hall–Kier alpha value is -3.34. The predicted molar refractivity (Wildman–Crippen MR) is 88.3 cm³/mol. The summed E-state index contributed by atoms with van der Waals surface area (Å²) in [6.45, 7) is 6.51. The van der Waals surface area contributed by atoms with Gasteiger partial charge in [0, 0.05) is 0 Å². The molecular formula is C18H18O5. The van der Waals surface area contributed by atoms with E-state index in [-0.39, 0.29) is 0 Å². The Balaban J connectivity index is 0.000000332. The summed E-state index contributed by atoms with van der Waals surface area (Å²) in [5.74, 6) is -1.76. The van der Waals surface area contributed by atoms with Gasteiger partial charge in [-0.25, -0.2) is 9.59 Å². The molecule has 2 aromatic rings. The van der Waals surface area contributed by atoms with Crippen molar-refractivity contribution in [1.29, 1.82) is 0 Å². The molecule has 5 nitrogen and oxygen atoms in total. The average Bonchev–Trinajstić information content (AvgIpc) is 2.58. The van der Waals surface area contributed by atoms with Gasteiger partial charge >= 0.3 is 11.9 Å². The summed E-state index contributed by atoms with van der Waals surface area (Å²) in [6.07, 6.45) is 2.62. The quantitative estimate of drug-likeness (QED) is 0.831. The van der Waals surface area contributed by atoms with Crippen LogP contribution < -0.4 is 0 Å². The molecule has 120 valence electrons. The third kappa shape index (κ3) is 10.1. The van der Waals surface area contributed by atoms with Gasteiger partial charge in [0.2, 0.25) is 0 Å². The maximum Gasteiger partial charge on any atom is 0.335 e. The van der Waals surface area contributed by atoms with Crippen LogP contribution in [0.4, 0.5) is 0 Å². The number of carboxylic acids is 2. The number of aromatic carboxylic acids is 2. The Kier molecular flexibility index (Phi) is 10.6. The molecular weight excluding hydrogens is 296 g/mol. The second kappa shape index (κ2) is 12.4. The highest BCUT2D eigenvalue weighted by Crippen LogP contribution is 1.96. The van der Waals surface area contributed by atoms with E-state index >= 15 is 0 Å². The first-order valence-corrected chi connectivity index (χ1v) is 6.46. The van der Waals surface area contributed by atoms with Gasteiger partial charge in [-0.15, -0.1) is 0 Å². The van der Waals surface area contributed by atoms with E-state index in [9.17, 15) is 9.59 Å². The SMILES string of the molecule is C=COC=C.O=C(O)c1ccccc1.O=C(O)c1ccccc1. The smallest absolute Gasteiger partial charge is 0.335 e. The van der Waals surface area contributed by atoms with Crippen molar-refractivity contribution in [2.45, 2.75) is 0 Å². The molecule has 0 heterocycles. The molecule has 0 unspecified atom stereocenters. The summed E-state index contributed by atoms with van der Waals surface area (Å²) >= 11 is 0.